The van der Waals surface area contributed by atoms with Crippen LogP contribution in [0, 0.1) is 0 Å². The van der Waals surface area contributed by atoms with Crippen LogP contribution in [0.3, 0.4) is 0 Å². The van der Waals surface area contributed by atoms with Crippen LogP contribution in [0.5, 0.6) is 0 Å². The van der Waals surface area contributed by atoms with E-state index in [1.807, 2.05) is 6.08 Å². The Morgan fingerprint density at radius 3 is 2.89 bits per heavy atom. The lowest BCUT2D eigenvalue weighted by Gasteiger charge is -2.09. The molecule has 0 bridgehead atoms. The minimum Gasteiger partial charge on any atom is -0.498 e. The third-order valence-corrected chi connectivity index (χ3v) is 3.01. The Bertz CT molecular complexity index is 522. The van der Waals surface area contributed by atoms with Crippen LogP contribution in [-0.2, 0) is 4.74 Å². The summed E-state index contributed by atoms with van der Waals surface area (Å²) >= 11 is 5.95. The fourth-order valence-corrected chi connectivity index (χ4v) is 1.96. The summed E-state index contributed by atoms with van der Waals surface area (Å²) in [6.07, 6.45) is 11.2. The predicted molar refractivity (Wildman–Crippen MR) is 76.0 cm³/mol. The Balaban J connectivity index is 2.37. The highest BCUT2D eigenvalue weighted by Crippen LogP contribution is 2.25. The number of rotatable bonds is 2. The number of methoxy groups -OCH3 is 1. The van der Waals surface area contributed by atoms with E-state index in [2.05, 4.69) is 35.1 Å². The van der Waals surface area contributed by atoms with Crippen molar-refractivity contribution in [2.24, 2.45) is 9.98 Å². The Morgan fingerprint density at radius 2 is 2.11 bits per heavy atom. The van der Waals surface area contributed by atoms with Crippen molar-refractivity contribution in [2.75, 3.05) is 7.11 Å². The van der Waals surface area contributed by atoms with Gasteiger partial charge in [0.1, 0.15) is 23.0 Å². The second-order valence-electron chi connectivity index (χ2n) is 4.08. The molecule has 0 unspecified atom stereocenters. The van der Waals surface area contributed by atoms with Crippen molar-refractivity contribution in [3.8, 4) is 0 Å². The number of halogens is 1. The van der Waals surface area contributed by atoms with Gasteiger partial charge in [0, 0.05) is 0 Å². The van der Waals surface area contributed by atoms with Crippen LogP contribution < -0.4 is 0 Å². The second-order valence-corrected chi connectivity index (χ2v) is 4.52. The van der Waals surface area contributed by atoms with Gasteiger partial charge in [-0.15, -0.1) is 0 Å². The van der Waals surface area contributed by atoms with Crippen molar-refractivity contribution < 1.29 is 4.74 Å². The van der Waals surface area contributed by atoms with Crippen LogP contribution in [0.25, 0.3) is 0 Å². The van der Waals surface area contributed by atoms with Crippen LogP contribution >= 0.6 is 11.6 Å². The molecule has 0 fully saturated rings. The van der Waals surface area contributed by atoms with Crippen molar-refractivity contribution in [3.05, 3.63) is 46.9 Å². The van der Waals surface area contributed by atoms with E-state index in [0.717, 1.165) is 23.5 Å². The second kappa shape index (κ2) is 5.83. The first-order chi connectivity index (χ1) is 8.70. The van der Waals surface area contributed by atoms with E-state index in [0.29, 0.717) is 11.6 Å². The number of allylic oxidation sites excluding steroid dienone is 6. The monoisotopic (exact) mass is 262 g/mol. The lowest BCUT2D eigenvalue weighted by molar-refractivity contribution is 0.283. The smallest absolute Gasteiger partial charge is 0.129 e. The molecule has 0 atom stereocenters. The molecule has 2 rings (SSSR count). The molecular formula is C14H15ClN2O. The molecule has 0 aromatic carbocycles. The van der Waals surface area contributed by atoms with Gasteiger partial charge in [-0.3, -0.25) is 0 Å². The maximum Gasteiger partial charge on any atom is 0.129 e. The van der Waals surface area contributed by atoms with E-state index in [-0.39, 0.29) is 0 Å². The van der Waals surface area contributed by atoms with Gasteiger partial charge in [-0.1, -0.05) is 41.5 Å². The van der Waals surface area contributed by atoms with Gasteiger partial charge in [0.15, 0.2) is 0 Å². The molecule has 0 saturated carbocycles. The molecule has 0 aromatic heterocycles. The van der Waals surface area contributed by atoms with E-state index in [1.165, 1.54) is 11.9 Å². The molecule has 1 aliphatic heterocycles. The zero-order chi connectivity index (χ0) is 13.0. The van der Waals surface area contributed by atoms with Gasteiger partial charge in [0.05, 0.1) is 13.5 Å². The molecule has 94 valence electrons. The third-order valence-electron chi connectivity index (χ3n) is 2.78. The molecule has 0 amide bonds. The van der Waals surface area contributed by atoms with Gasteiger partial charge in [-0.2, -0.15) is 0 Å². The molecule has 0 radical (unpaired) electrons. The van der Waals surface area contributed by atoms with Crippen LogP contribution in [0.4, 0.5) is 0 Å². The van der Waals surface area contributed by atoms with Crippen LogP contribution in [0.1, 0.15) is 19.8 Å². The zero-order valence-electron chi connectivity index (χ0n) is 10.5. The Morgan fingerprint density at radius 1 is 1.28 bits per heavy atom. The lowest BCUT2D eigenvalue weighted by Crippen LogP contribution is -1.98. The molecule has 4 heteroatoms. The highest BCUT2D eigenvalue weighted by Gasteiger charge is 2.14. The van der Waals surface area contributed by atoms with Gasteiger partial charge in [-0.05, 0) is 18.9 Å². The fraction of sp³-hybridized carbons (Fsp3) is 0.286. The molecule has 0 saturated heterocycles. The lowest BCUT2D eigenvalue weighted by atomic mass is 10.1. The molecule has 2 aliphatic rings. The van der Waals surface area contributed by atoms with Crippen LogP contribution in [-0.4, -0.2) is 18.6 Å². The minimum atomic E-state index is 0.477. The van der Waals surface area contributed by atoms with Gasteiger partial charge in [-0.25, -0.2) is 9.98 Å². The molecule has 0 N–H and O–H groups in total. The largest absolute Gasteiger partial charge is 0.498 e. The first kappa shape index (κ1) is 12.8. The predicted octanol–water partition coefficient (Wildman–Crippen LogP) is 3.75. The summed E-state index contributed by atoms with van der Waals surface area (Å²) in [5.74, 6) is 0.743. The highest BCUT2D eigenvalue weighted by atomic mass is 35.5. The summed E-state index contributed by atoms with van der Waals surface area (Å²) in [7, 11) is 1.63. The van der Waals surface area contributed by atoms with E-state index < -0.39 is 0 Å². The molecule has 1 aliphatic carbocycles. The summed E-state index contributed by atoms with van der Waals surface area (Å²) in [5, 5.41) is 0.484. The summed E-state index contributed by atoms with van der Waals surface area (Å²) in [4.78, 5) is 8.34. The molecule has 0 aromatic rings. The highest BCUT2D eigenvalue weighted by molar-refractivity contribution is 6.66. The molecule has 18 heavy (non-hydrogen) atoms. The summed E-state index contributed by atoms with van der Waals surface area (Å²) in [5.41, 5.74) is 3.08. The van der Waals surface area contributed by atoms with Gasteiger partial charge < -0.3 is 4.74 Å². The van der Waals surface area contributed by atoms with E-state index in [1.54, 1.807) is 7.11 Å². The molecular weight excluding hydrogens is 248 g/mol. The number of ether oxygens (including phenoxy) is 1. The van der Waals surface area contributed by atoms with Gasteiger partial charge >= 0.3 is 0 Å². The van der Waals surface area contributed by atoms with E-state index in [4.69, 9.17) is 16.3 Å². The summed E-state index contributed by atoms with van der Waals surface area (Å²) in [6, 6.07) is 0. The van der Waals surface area contributed by atoms with Crippen molar-refractivity contribution in [1.29, 1.82) is 0 Å². The Kier molecular flexibility index (Phi) is 4.15. The molecule has 1 heterocycles. The van der Waals surface area contributed by atoms with E-state index >= 15 is 0 Å². The first-order valence-electron chi connectivity index (χ1n) is 5.78. The SMILES string of the molecule is COC1=C(C2=CCC=C(C)C=C2)N=CN=C(Cl)C1. The number of nitrogens with zero attached hydrogens (tertiary/aromatic N) is 2. The Labute approximate surface area is 112 Å². The maximum atomic E-state index is 5.95. The normalized spacial score (nSPS) is 19.8. The standard InChI is InChI=1S/C14H15ClN2O/c1-10-4-3-5-11(7-6-10)14-12(18-2)8-13(15)16-9-17-14/h4-7,9H,3,8H2,1-2H3. The summed E-state index contributed by atoms with van der Waals surface area (Å²) in [6.45, 7) is 2.08. The average molecular weight is 263 g/mol. The zero-order valence-corrected chi connectivity index (χ0v) is 11.2. The Hall–Kier alpha value is -1.61. The number of hydrogen-bond acceptors (Lipinski definition) is 3. The molecule has 3 nitrogen and oxygen atoms in total. The van der Waals surface area contributed by atoms with Gasteiger partial charge in [0.2, 0.25) is 0 Å². The van der Waals surface area contributed by atoms with Crippen molar-refractivity contribution in [3.63, 3.8) is 0 Å². The van der Waals surface area contributed by atoms with Crippen molar-refractivity contribution >= 4 is 23.1 Å². The van der Waals surface area contributed by atoms with Crippen LogP contribution in [0.2, 0.25) is 0 Å². The molecule has 0 spiro atoms. The van der Waals surface area contributed by atoms with E-state index in [9.17, 15) is 0 Å². The van der Waals surface area contributed by atoms with Gasteiger partial charge in [0.25, 0.3) is 0 Å². The summed E-state index contributed by atoms with van der Waals surface area (Å²) < 4.78 is 5.38. The minimum absolute atomic E-state index is 0.477. The van der Waals surface area contributed by atoms with Crippen LogP contribution in [0.15, 0.2) is 56.9 Å². The topological polar surface area (TPSA) is 34.0 Å². The average Bonchev–Trinajstić information content (AvgIpc) is 2.67. The quantitative estimate of drug-likeness (QED) is 0.746. The fourth-order valence-electron chi connectivity index (χ4n) is 1.79. The van der Waals surface area contributed by atoms with Crippen molar-refractivity contribution in [1.82, 2.24) is 0 Å². The van der Waals surface area contributed by atoms with Crippen molar-refractivity contribution in [2.45, 2.75) is 19.8 Å². The maximum absolute atomic E-state index is 5.95. The number of hydrogen-bond donors (Lipinski definition) is 0. The number of aliphatic imine (C=N–C) groups is 2. The third kappa shape index (κ3) is 2.99. The first-order valence-corrected chi connectivity index (χ1v) is 6.15.